The lowest BCUT2D eigenvalue weighted by Gasteiger charge is -2.46. The Bertz CT molecular complexity index is 930. The molecule has 3 aliphatic rings. The van der Waals surface area contributed by atoms with Crippen LogP contribution in [0.3, 0.4) is 0 Å². The summed E-state index contributed by atoms with van der Waals surface area (Å²) in [5.74, 6) is 1.21. The highest BCUT2D eigenvalue weighted by atomic mass is 16.6. The number of aromatic nitrogens is 2. The molecule has 0 radical (unpaired) electrons. The van der Waals surface area contributed by atoms with Crippen LogP contribution < -0.4 is 9.64 Å². The zero-order valence-electron chi connectivity index (χ0n) is 16.3. The Kier molecular flexibility index (Phi) is 4.04. The molecule has 0 amide bonds. The third-order valence-electron chi connectivity index (χ3n) is 6.34. The summed E-state index contributed by atoms with van der Waals surface area (Å²) in [5.41, 5.74) is 4.01. The number of nitro benzene ring substituents is 1. The Hall–Kier alpha value is -2.61. The van der Waals surface area contributed by atoms with Crippen LogP contribution >= 0.6 is 0 Å². The number of rotatable bonds is 5. The van der Waals surface area contributed by atoms with Crippen LogP contribution in [0.1, 0.15) is 18.5 Å². The van der Waals surface area contributed by atoms with Gasteiger partial charge >= 0.3 is 5.69 Å². The number of hydrogen-bond acceptors (Lipinski definition) is 6. The molecule has 2 aromatic rings. The predicted molar refractivity (Wildman–Crippen MR) is 106 cm³/mol. The van der Waals surface area contributed by atoms with Gasteiger partial charge in [-0.2, -0.15) is 5.10 Å². The summed E-state index contributed by atoms with van der Waals surface area (Å²) >= 11 is 0. The van der Waals surface area contributed by atoms with Crippen molar-refractivity contribution in [1.82, 2.24) is 14.7 Å². The molecule has 2 aliphatic heterocycles. The highest BCUT2D eigenvalue weighted by Crippen LogP contribution is 2.44. The summed E-state index contributed by atoms with van der Waals surface area (Å²) in [6.45, 7) is 4.21. The largest absolute Gasteiger partial charge is 0.490 e. The number of aryl methyl sites for hydroxylation is 1. The summed E-state index contributed by atoms with van der Waals surface area (Å²) in [6, 6.07) is 3.94. The van der Waals surface area contributed by atoms with Gasteiger partial charge in [0.1, 0.15) is 0 Å². The summed E-state index contributed by atoms with van der Waals surface area (Å²) < 4.78 is 7.26. The molecule has 0 N–H and O–H groups in total. The number of hydrogen-bond donors (Lipinski definition) is 0. The van der Waals surface area contributed by atoms with Gasteiger partial charge in [0.2, 0.25) is 0 Å². The number of ether oxygens (including phenoxy) is 1. The van der Waals surface area contributed by atoms with E-state index in [4.69, 9.17) is 4.74 Å². The van der Waals surface area contributed by atoms with Crippen molar-refractivity contribution in [2.24, 2.45) is 13.0 Å². The van der Waals surface area contributed by atoms with Crippen LogP contribution in [-0.2, 0) is 13.5 Å². The second-order valence-corrected chi connectivity index (χ2v) is 8.19. The minimum Gasteiger partial charge on any atom is -0.490 e. The molecule has 0 spiro atoms. The Balaban J connectivity index is 1.54. The average molecular weight is 383 g/mol. The quantitative estimate of drug-likeness (QED) is 0.583. The highest BCUT2D eigenvalue weighted by Gasteiger charge is 2.38. The van der Waals surface area contributed by atoms with Crippen molar-refractivity contribution in [2.75, 3.05) is 38.2 Å². The first-order valence-electron chi connectivity index (χ1n) is 9.92. The van der Waals surface area contributed by atoms with Crippen molar-refractivity contribution < 1.29 is 9.66 Å². The van der Waals surface area contributed by atoms with Gasteiger partial charge in [-0.15, -0.1) is 0 Å². The second kappa shape index (κ2) is 6.48. The monoisotopic (exact) mass is 383 g/mol. The molecule has 1 aliphatic carbocycles. The van der Waals surface area contributed by atoms with Gasteiger partial charge in [-0.25, -0.2) is 0 Å². The van der Waals surface area contributed by atoms with E-state index < -0.39 is 0 Å². The fourth-order valence-corrected chi connectivity index (χ4v) is 4.58. The molecule has 0 atom stereocenters. The van der Waals surface area contributed by atoms with Crippen LogP contribution in [0, 0.1) is 16.0 Å². The standard InChI is InChI=1S/C20H25N5O3/c1-22-17-5-6-24(14-11-23(12-14)10-13-3-4-13)18-8-20(28-2)19(25(26)27)7-15(18)16(17)9-21-22/h7-9,13-14H,3-6,10-12H2,1-2H3. The van der Waals surface area contributed by atoms with Gasteiger partial charge in [0.05, 0.1) is 24.3 Å². The first-order valence-corrected chi connectivity index (χ1v) is 9.92. The van der Waals surface area contributed by atoms with E-state index in [1.165, 1.54) is 26.5 Å². The zero-order valence-corrected chi connectivity index (χ0v) is 16.3. The lowest BCUT2D eigenvalue weighted by atomic mass is 10.0. The van der Waals surface area contributed by atoms with Crippen LogP contribution in [0.15, 0.2) is 18.3 Å². The third kappa shape index (κ3) is 2.83. The van der Waals surface area contributed by atoms with Crippen molar-refractivity contribution in [3.8, 4) is 16.9 Å². The van der Waals surface area contributed by atoms with Crippen LogP contribution in [0.2, 0.25) is 0 Å². The number of likely N-dealkylation sites (tertiary alicyclic amines) is 1. The molecule has 1 saturated heterocycles. The molecular formula is C20H25N5O3. The molecule has 1 saturated carbocycles. The maximum atomic E-state index is 11.6. The highest BCUT2D eigenvalue weighted by molar-refractivity contribution is 5.85. The topological polar surface area (TPSA) is 76.7 Å². The van der Waals surface area contributed by atoms with E-state index in [-0.39, 0.29) is 10.6 Å². The van der Waals surface area contributed by atoms with Crippen LogP contribution in [0.5, 0.6) is 5.75 Å². The van der Waals surface area contributed by atoms with E-state index in [1.54, 1.807) is 6.07 Å². The Morgan fingerprint density at radius 3 is 2.75 bits per heavy atom. The van der Waals surface area contributed by atoms with Gasteiger partial charge < -0.3 is 9.64 Å². The minimum absolute atomic E-state index is 0.00173. The number of nitrogens with zero attached hydrogens (tertiary/aromatic N) is 5. The molecule has 148 valence electrons. The lowest BCUT2D eigenvalue weighted by molar-refractivity contribution is -0.385. The molecule has 3 heterocycles. The molecule has 0 bridgehead atoms. The zero-order chi connectivity index (χ0) is 19.4. The van der Waals surface area contributed by atoms with Crippen molar-refractivity contribution in [2.45, 2.75) is 25.3 Å². The van der Waals surface area contributed by atoms with Gasteiger partial charge in [0.25, 0.3) is 0 Å². The van der Waals surface area contributed by atoms with Gasteiger partial charge in [0, 0.05) is 74.3 Å². The molecular weight excluding hydrogens is 358 g/mol. The maximum Gasteiger partial charge on any atom is 0.311 e. The lowest BCUT2D eigenvalue weighted by Crippen LogP contribution is -2.60. The van der Waals surface area contributed by atoms with Crippen LogP contribution in [0.4, 0.5) is 11.4 Å². The summed E-state index contributed by atoms with van der Waals surface area (Å²) in [6.07, 6.45) is 5.44. The maximum absolute atomic E-state index is 11.6. The Morgan fingerprint density at radius 1 is 1.29 bits per heavy atom. The van der Waals surface area contributed by atoms with E-state index in [2.05, 4.69) is 14.9 Å². The normalized spacial score (nSPS) is 19.6. The van der Waals surface area contributed by atoms with Crippen molar-refractivity contribution >= 4 is 11.4 Å². The van der Waals surface area contributed by atoms with Crippen LogP contribution in [-0.4, -0.2) is 58.9 Å². The molecule has 1 aromatic carbocycles. The van der Waals surface area contributed by atoms with Gasteiger partial charge in [0.15, 0.2) is 5.75 Å². The van der Waals surface area contributed by atoms with E-state index >= 15 is 0 Å². The average Bonchev–Trinajstić information content (AvgIpc) is 3.42. The Morgan fingerprint density at radius 2 is 2.07 bits per heavy atom. The molecule has 8 heteroatoms. The van der Waals surface area contributed by atoms with E-state index in [0.717, 1.165) is 54.5 Å². The molecule has 1 aromatic heterocycles. The molecule has 28 heavy (non-hydrogen) atoms. The molecule has 5 rings (SSSR count). The fraction of sp³-hybridized carbons (Fsp3) is 0.550. The molecule has 8 nitrogen and oxygen atoms in total. The smallest absolute Gasteiger partial charge is 0.311 e. The van der Waals surface area contributed by atoms with Gasteiger partial charge in [-0.05, 0) is 18.8 Å². The minimum atomic E-state index is -0.370. The van der Waals surface area contributed by atoms with Crippen molar-refractivity contribution in [3.63, 3.8) is 0 Å². The fourth-order valence-electron chi connectivity index (χ4n) is 4.58. The summed E-state index contributed by atoms with van der Waals surface area (Å²) in [5, 5.41) is 16.0. The number of methoxy groups -OCH3 is 1. The second-order valence-electron chi connectivity index (χ2n) is 8.19. The number of anilines is 1. The number of nitro groups is 1. The number of benzene rings is 1. The Labute approximate surface area is 163 Å². The SMILES string of the molecule is COc1cc2c(cc1[N+](=O)[O-])-c1cnn(C)c1CCN2C1CN(CC2CC2)C1. The van der Waals surface area contributed by atoms with E-state index in [1.807, 2.05) is 24.0 Å². The summed E-state index contributed by atoms with van der Waals surface area (Å²) in [4.78, 5) is 16.2. The van der Waals surface area contributed by atoms with E-state index in [9.17, 15) is 10.1 Å². The van der Waals surface area contributed by atoms with Gasteiger partial charge in [-0.3, -0.25) is 19.7 Å². The van der Waals surface area contributed by atoms with Crippen LogP contribution in [0.25, 0.3) is 11.1 Å². The third-order valence-corrected chi connectivity index (χ3v) is 6.34. The first kappa shape index (κ1) is 17.5. The number of fused-ring (bicyclic) bond motifs is 3. The molecule has 0 unspecified atom stereocenters. The van der Waals surface area contributed by atoms with Crippen molar-refractivity contribution in [3.05, 3.63) is 34.1 Å². The van der Waals surface area contributed by atoms with E-state index in [0.29, 0.717) is 11.8 Å². The predicted octanol–water partition coefficient (Wildman–Crippen LogP) is 2.46. The molecule has 2 fully saturated rings. The van der Waals surface area contributed by atoms with Crippen molar-refractivity contribution in [1.29, 1.82) is 0 Å². The first-order chi connectivity index (χ1) is 13.5. The summed E-state index contributed by atoms with van der Waals surface area (Å²) in [7, 11) is 3.43. The van der Waals surface area contributed by atoms with Gasteiger partial charge in [-0.1, -0.05) is 0 Å².